The lowest BCUT2D eigenvalue weighted by Gasteiger charge is -2.29. The SMILES string of the molecule is O=S(=O)(O)OCC(O)CNC(CO)(CO)CO. The average Bonchev–Trinajstić information content (AvgIpc) is 2.28. The van der Waals surface area contributed by atoms with E-state index in [0.717, 1.165) is 0 Å². The summed E-state index contributed by atoms with van der Waals surface area (Å²) >= 11 is 0. The third kappa shape index (κ3) is 6.85. The zero-order valence-electron chi connectivity index (χ0n) is 8.98. The van der Waals surface area contributed by atoms with Crippen LogP contribution in [-0.2, 0) is 14.6 Å². The molecule has 1 unspecified atom stereocenters. The molecule has 10 heteroatoms. The normalized spacial score (nSPS) is 14.9. The van der Waals surface area contributed by atoms with Crippen LogP contribution in [0.15, 0.2) is 0 Å². The van der Waals surface area contributed by atoms with Gasteiger partial charge in [-0.2, -0.15) is 8.42 Å². The van der Waals surface area contributed by atoms with E-state index in [1.807, 2.05) is 0 Å². The first kappa shape index (κ1) is 16.7. The van der Waals surface area contributed by atoms with E-state index in [1.54, 1.807) is 0 Å². The molecule has 0 fully saturated rings. The molecule has 9 nitrogen and oxygen atoms in total. The van der Waals surface area contributed by atoms with Crippen LogP contribution in [0.3, 0.4) is 0 Å². The predicted molar refractivity (Wildman–Crippen MR) is 55.5 cm³/mol. The largest absolute Gasteiger partial charge is 0.397 e. The molecule has 0 aromatic rings. The van der Waals surface area contributed by atoms with Crippen molar-refractivity contribution >= 4 is 10.4 Å². The molecule has 0 spiro atoms. The molecule has 1 atom stereocenters. The highest BCUT2D eigenvalue weighted by molar-refractivity contribution is 7.80. The molecule has 0 radical (unpaired) electrons. The summed E-state index contributed by atoms with van der Waals surface area (Å²) in [5.41, 5.74) is -1.38. The van der Waals surface area contributed by atoms with Crippen LogP contribution in [0.1, 0.15) is 0 Å². The fourth-order valence-corrected chi connectivity index (χ4v) is 1.20. The van der Waals surface area contributed by atoms with Gasteiger partial charge in [0.25, 0.3) is 0 Å². The van der Waals surface area contributed by atoms with Gasteiger partial charge in [0.1, 0.15) is 0 Å². The van der Waals surface area contributed by atoms with Gasteiger partial charge in [-0.05, 0) is 0 Å². The Labute approximate surface area is 98.6 Å². The molecule has 0 saturated carbocycles. The van der Waals surface area contributed by atoms with E-state index < -0.39 is 48.5 Å². The summed E-state index contributed by atoms with van der Waals surface area (Å²) in [5, 5.41) is 38.5. The standard InChI is InChI=1S/C7H17NO8S/c9-3-7(4-10,5-11)8-1-6(12)2-16-17(13,14)15/h6,8-12H,1-5H2,(H,13,14,15). The second kappa shape index (κ2) is 7.18. The summed E-state index contributed by atoms with van der Waals surface area (Å²) < 4.78 is 32.5. The predicted octanol–water partition coefficient (Wildman–Crippen LogP) is -3.53. The van der Waals surface area contributed by atoms with Gasteiger partial charge in [0.15, 0.2) is 0 Å². The quantitative estimate of drug-likeness (QED) is 0.235. The van der Waals surface area contributed by atoms with Crippen molar-refractivity contribution in [2.24, 2.45) is 0 Å². The van der Waals surface area contributed by atoms with E-state index in [-0.39, 0.29) is 6.54 Å². The molecule has 0 aromatic heterocycles. The van der Waals surface area contributed by atoms with E-state index in [1.165, 1.54) is 0 Å². The highest BCUT2D eigenvalue weighted by atomic mass is 32.3. The van der Waals surface area contributed by atoms with E-state index >= 15 is 0 Å². The number of β-amino-alcohol motifs (C(OH)–C–C–N with tert-alkyl or cyclic N) is 1. The Balaban J connectivity index is 4.09. The Hall–Kier alpha value is -0.330. The summed E-state index contributed by atoms with van der Waals surface area (Å²) in [6.07, 6.45) is -1.30. The van der Waals surface area contributed by atoms with Crippen LogP contribution in [0.2, 0.25) is 0 Å². The van der Waals surface area contributed by atoms with Crippen molar-refractivity contribution in [2.75, 3.05) is 33.0 Å². The molecule has 0 aliphatic heterocycles. The minimum Gasteiger partial charge on any atom is -0.394 e. The fourth-order valence-electron chi connectivity index (χ4n) is 0.875. The number of rotatable bonds is 9. The maximum Gasteiger partial charge on any atom is 0.397 e. The smallest absolute Gasteiger partial charge is 0.394 e. The Bertz CT molecular complexity index is 293. The van der Waals surface area contributed by atoms with Crippen molar-refractivity contribution in [3.05, 3.63) is 0 Å². The number of nitrogens with one attached hydrogen (secondary N) is 1. The number of aliphatic hydroxyl groups excluding tert-OH is 4. The molecule has 0 heterocycles. The second-order valence-electron chi connectivity index (χ2n) is 3.50. The van der Waals surface area contributed by atoms with Gasteiger partial charge in [0.2, 0.25) is 0 Å². The van der Waals surface area contributed by atoms with Crippen LogP contribution in [0.4, 0.5) is 0 Å². The van der Waals surface area contributed by atoms with Gasteiger partial charge < -0.3 is 25.7 Å². The molecule has 104 valence electrons. The Morgan fingerprint density at radius 2 is 1.65 bits per heavy atom. The number of hydrogen-bond acceptors (Lipinski definition) is 8. The summed E-state index contributed by atoms with van der Waals surface area (Å²) in [4.78, 5) is 0. The maximum atomic E-state index is 10.2. The maximum absolute atomic E-state index is 10.2. The van der Waals surface area contributed by atoms with Crippen LogP contribution in [0.25, 0.3) is 0 Å². The molecule has 0 aliphatic rings. The first-order chi connectivity index (χ1) is 7.78. The van der Waals surface area contributed by atoms with Crippen molar-refractivity contribution < 1.29 is 37.6 Å². The Morgan fingerprint density at radius 1 is 1.18 bits per heavy atom. The Morgan fingerprint density at radius 3 is 2.00 bits per heavy atom. The first-order valence-electron chi connectivity index (χ1n) is 4.66. The Kier molecular flexibility index (Phi) is 7.04. The van der Waals surface area contributed by atoms with Gasteiger partial charge in [-0.15, -0.1) is 0 Å². The monoisotopic (exact) mass is 275 g/mol. The summed E-state index contributed by atoms with van der Waals surface area (Å²) in [5.74, 6) is 0. The lowest BCUT2D eigenvalue weighted by atomic mass is 10.0. The summed E-state index contributed by atoms with van der Waals surface area (Å²) in [6.45, 7) is -2.68. The topological polar surface area (TPSA) is 157 Å². The first-order valence-corrected chi connectivity index (χ1v) is 6.02. The van der Waals surface area contributed by atoms with Gasteiger partial charge in [0.05, 0.1) is 38.1 Å². The van der Waals surface area contributed by atoms with Crippen LogP contribution in [-0.4, -0.2) is 78.0 Å². The lowest BCUT2D eigenvalue weighted by molar-refractivity contribution is 0.0256. The molecule has 0 rings (SSSR count). The van der Waals surface area contributed by atoms with Crippen molar-refractivity contribution in [2.45, 2.75) is 11.6 Å². The van der Waals surface area contributed by atoms with Crippen molar-refractivity contribution in [3.63, 3.8) is 0 Å². The van der Waals surface area contributed by atoms with Gasteiger partial charge in [-0.3, -0.25) is 4.55 Å². The van der Waals surface area contributed by atoms with E-state index in [9.17, 15) is 13.5 Å². The summed E-state index contributed by atoms with van der Waals surface area (Å²) in [7, 11) is -4.63. The molecule has 0 aromatic carbocycles. The van der Waals surface area contributed by atoms with Crippen molar-refractivity contribution in [1.29, 1.82) is 0 Å². The van der Waals surface area contributed by atoms with Crippen LogP contribution >= 0.6 is 0 Å². The van der Waals surface area contributed by atoms with Crippen LogP contribution in [0.5, 0.6) is 0 Å². The molecule has 0 aliphatic carbocycles. The highest BCUT2D eigenvalue weighted by Gasteiger charge is 2.28. The lowest BCUT2D eigenvalue weighted by Crippen LogP contribution is -2.57. The minimum absolute atomic E-state index is 0.253. The third-order valence-corrected chi connectivity index (χ3v) is 2.46. The fraction of sp³-hybridized carbons (Fsp3) is 1.00. The van der Waals surface area contributed by atoms with E-state index in [0.29, 0.717) is 0 Å². The zero-order chi connectivity index (χ0) is 13.5. The van der Waals surface area contributed by atoms with E-state index in [2.05, 4.69) is 9.50 Å². The average molecular weight is 275 g/mol. The molecule has 6 N–H and O–H groups in total. The molecule has 17 heavy (non-hydrogen) atoms. The van der Waals surface area contributed by atoms with Crippen molar-refractivity contribution in [1.82, 2.24) is 5.32 Å². The number of hydrogen-bond donors (Lipinski definition) is 6. The second-order valence-corrected chi connectivity index (χ2v) is 4.59. The summed E-state index contributed by atoms with van der Waals surface area (Å²) in [6, 6.07) is 0. The highest BCUT2D eigenvalue weighted by Crippen LogP contribution is 2.01. The van der Waals surface area contributed by atoms with E-state index in [4.69, 9.17) is 19.9 Å². The molecule has 0 saturated heterocycles. The van der Waals surface area contributed by atoms with Gasteiger partial charge >= 0.3 is 10.4 Å². The molecular weight excluding hydrogens is 258 g/mol. The molecular formula is C7H17NO8S. The minimum atomic E-state index is -4.63. The third-order valence-electron chi connectivity index (χ3n) is 2.03. The van der Waals surface area contributed by atoms with Crippen LogP contribution < -0.4 is 5.32 Å². The molecule has 0 amide bonds. The van der Waals surface area contributed by atoms with Gasteiger partial charge in [-0.1, -0.05) is 0 Å². The van der Waals surface area contributed by atoms with Crippen LogP contribution in [0, 0.1) is 0 Å². The zero-order valence-corrected chi connectivity index (χ0v) is 9.80. The van der Waals surface area contributed by atoms with Gasteiger partial charge in [0, 0.05) is 6.54 Å². The molecule has 0 bridgehead atoms. The van der Waals surface area contributed by atoms with Gasteiger partial charge in [-0.25, -0.2) is 4.18 Å². The number of aliphatic hydroxyl groups is 4. The van der Waals surface area contributed by atoms with Crippen molar-refractivity contribution in [3.8, 4) is 0 Å².